The van der Waals surface area contributed by atoms with Gasteiger partial charge in [0.2, 0.25) is 0 Å². The van der Waals surface area contributed by atoms with Gasteiger partial charge in [-0.2, -0.15) is 18.4 Å². The van der Waals surface area contributed by atoms with E-state index >= 15 is 0 Å². The van der Waals surface area contributed by atoms with Gasteiger partial charge >= 0.3 is 6.18 Å². The number of aryl methyl sites for hydroxylation is 1. The van der Waals surface area contributed by atoms with Crippen molar-refractivity contribution in [3.8, 4) is 23.3 Å². The van der Waals surface area contributed by atoms with E-state index in [1.54, 1.807) is 31.5 Å². The summed E-state index contributed by atoms with van der Waals surface area (Å²) >= 11 is 1.48. The molecule has 3 aromatic rings. The van der Waals surface area contributed by atoms with Crippen molar-refractivity contribution in [1.82, 2.24) is 24.7 Å². The summed E-state index contributed by atoms with van der Waals surface area (Å²) < 4.78 is 46.0. The van der Waals surface area contributed by atoms with Crippen LogP contribution in [0.4, 0.5) is 13.2 Å². The molecule has 0 aromatic carbocycles. The van der Waals surface area contributed by atoms with E-state index in [4.69, 9.17) is 10.00 Å². The lowest BCUT2D eigenvalue weighted by molar-refractivity contribution is -0.141. The van der Waals surface area contributed by atoms with E-state index in [2.05, 4.69) is 26.2 Å². The maximum absolute atomic E-state index is 12.9. The number of hydrogen-bond donors (Lipinski definition) is 0. The van der Waals surface area contributed by atoms with Crippen LogP contribution in [0.5, 0.6) is 5.75 Å². The van der Waals surface area contributed by atoms with E-state index in [-0.39, 0.29) is 11.2 Å². The van der Waals surface area contributed by atoms with Crippen molar-refractivity contribution in [3.63, 3.8) is 0 Å². The van der Waals surface area contributed by atoms with Gasteiger partial charge in [-0.3, -0.25) is 0 Å². The highest BCUT2D eigenvalue weighted by Crippen LogP contribution is 2.35. The van der Waals surface area contributed by atoms with Gasteiger partial charge in [0.25, 0.3) is 0 Å². The summed E-state index contributed by atoms with van der Waals surface area (Å²) in [5.74, 6) is 1.49. The number of pyridine rings is 1. The minimum absolute atomic E-state index is 0.0741. The third-order valence-corrected chi connectivity index (χ3v) is 4.80. The van der Waals surface area contributed by atoms with Crippen LogP contribution in [0.1, 0.15) is 26.5 Å². The van der Waals surface area contributed by atoms with Crippen LogP contribution in [0, 0.1) is 11.3 Å². The molecule has 0 aliphatic heterocycles. The Bertz CT molecular complexity index is 1100. The minimum Gasteiger partial charge on any atom is -0.471 e. The molecular formula is C18H17F3N6OS. The molecule has 0 aliphatic carbocycles. The zero-order valence-electron chi connectivity index (χ0n) is 16.1. The summed E-state index contributed by atoms with van der Waals surface area (Å²) in [6.45, 7) is 5.23. The number of ether oxygens (including phenoxy) is 1. The minimum atomic E-state index is -4.60. The van der Waals surface area contributed by atoms with Crippen LogP contribution in [0.15, 0.2) is 23.2 Å². The second-order valence-corrected chi connectivity index (χ2v) is 7.91. The van der Waals surface area contributed by atoms with Crippen LogP contribution in [0.3, 0.4) is 0 Å². The molecule has 7 nitrogen and oxygen atoms in total. The third kappa shape index (κ3) is 4.27. The van der Waals surface area contributed by atoms with Gasteiger partial charge in [-0.05, 0) is 25.7 Å². The Morgan fingerprint density at radius 1 is 1.24 bits per heavy atom. The lowest BCUT2D eigenvalue weighted by Crippen LogP contribution is -2.25. The number of fused-ring (bicyclic) bond motifs is 1. The van der Waals surface area contributed by atoms with Gasteiger partial charge < -0.3 is 9.30 Å². The second-order valence-electron chi connectivity index (χ2n) is 6.61. The highest BCUT2D eigenvalue weighted by atomic mass is 32.2. The molecule has 3 rings (SSSR count). The standard InChI is InChI=1S/C18H17F3N6OS/c1-5-29-12-6-10(28-17(2,3)9-22)8-23-14(12)16-24-11-7-13(18(19,20)21)25-26-15(11)27(16)4/h6-8H,5H2,1-4H3. The van der Waals surface area contributed by atoms with Gasteiger partial charge in [0.1, 0.15) is 23.0 Å². The molecule has 0 bridgehead atoms. The summed E-state index contributed by atoms with van der Waals surface area (Å²) in [7, 11) is 1.64. The Hall–Kier alpha value is -2.87. The summed E-state index contributed by atoms with van der Waals surface area (Å²) in [4.78, 5) is 9.44. The van der Waals surface area contributed by atoms with Crippen LogP contribution < -0.4 is 4.74 Å². The van der Waals surface area contributed by atoms with Crippen molar-refractivity contribution in [2.45, 2.75) is 37.4 Å². The fraction of sp³-hybridized carbons (Fsp3) is 0.389. The number of hydrogen-bond acceptors (Lipinski definition) is 7. The first kappa shape index (κ1) is 20.9. The van der Waals surface area contributed by atoms with Crippen molar-refractivity contribution < 1.29 is 17.9 Å². The second kappa shape index (κ2) is 7.51. The molecule has 0 amide bonds. The number of alkyl halides is 3. The molecule has 0 saturated carbocycles. The van der Waals surface area contributed by atoms with E-state index in [1.807, 2.05) is 6.92 Å². The highest BCUT2D eigenvalue weighted by molar-refractivity contribution is 7.99. The van der Waals surface area contributed by atoms with Crippen molar-refractivity contribution >= 4 is 22.9 Å². The number of aromatic nitrogens is 5. The van der Waals surface area contributed by atoms with Crippen LogP contribution in [-0.2, 0) is 13.2 Å². The Kier molecular flexibility index (Phi) is 5.40. The third-order valence-electron chi connectivity index (χ3n) is 3.89. The Balaban J connectivity index is 2.10. The van der Waals surface area contributed by atoms with Gasteiger partial charge in [0.15, 0.2) is 22.8 Å². The Labute approximate surface area is 168 Å². The molecule has 0 N–H and O–H groups in total. The molecule has 0 atom stereocenters. The van der Waals surface area contributed by atoms with E-state index in [1.165, 1.54) is 18.0 Å². The molecule has 0 spiro atoms. The summed E-state index contributed by atoms with van der Waals surface area (Å²) in [6, 6.07) is 4.66. The summed E-state index contributed by atoms with van der Waals surface area (Å²) in [5.41, 5.74) is -1.36. The largest absolute Gasteiger partial charge is 0.471 e. The molecule has 3 aromatic heterocycles. The molecule has 152 valence electrons. The Morgan fingerprint density at radius 3 is 2.59 bits per heavy atom. The average molecular weight is 422 g/mol. The zero-order valence-corrected chi connectivity index (χ0v) is 16.9. The van der Waals surface area contributed by atoms with Crippen molar-refractivity contribution in [1.29, 1.82) is 5.26 Å². The number of nitriles is 1. The molecular weight excluding hydrogens is 405 g/mol. The normalized spacial score (nSPS) is 12.2. The van der Waals surface area contributed by atoms with Gasteiger partial charge in [0, 0.05) is 18.0 Å². The fourth-order valence-electron chi connectivity index (χ4n) is 2.57. The number of rotatable bonds is 5. The first-order valence-electron chi connectivity index (χ1n) is 8.56. The number of halogens is 3. The van der Waals surface area contributed by atoms with Crippen molar-refractivity contribution in [3.05, 3.63) is 24.0 Å². The molecule has 3 heterocycles. The Morgan fingerprint density at radius 2 is 1.97 bits per heavy atom. The zero-order chi connectivity index (χ0) is 21.4. The molecule has 0 fully saturated rings. The predicted molar refractivity (Wildman–Crippen MR) is 101 cm³/mol. The molecule has 11 heteroatoms. The maximum Gasteiger partial charge on any atom is 0.435 e. The maximum atomic E-state index is 12.9. The van der Waals surface area contributed by atoms with Crippen LogP contribution in [-0.4, -0.2) is 36.1 Å². The van der Waals surface area contributed by atoms with Crippen molar-refractivity contribution in [2.24, 2.45) is 7.05 Å². The van der Waals surface area contributed by atoms with Crippen LogP contribution in [0.2, 0.25) is 0 Å². The lowest BCUT2D eigenvalue weighted by atomic mass is 10.2. The number of thioether (sulfide) groups is 1. The van der Waals surface area contributed by atoms with E-state index in [0.29, 0.717) is 17.3 Å². The van der Waals surface area contributed by atoms with Crippen LogP contribution >= 0.6 is 11.8 Å². The molecule has 0 radical (unpaired) electrons. The first-order chi connectivity index (χ1) is 13.6. The van der Waals surface area contributed by atoms with Crippen LogP contribution in [0.25, 0.3) is 22.7 Å². The topological polar surface area (TPSA) is 89.5 Å². The fourth-order valence-corrected chi connectivity index (χ4v) is 3.36. The van der Waals surface area contributed by atoms with Gasteiger partial charge in [-0.25, -0.2) is 9.97 Å². The molecule has 29 heavy (non-hydrogen) atoms. The van der Waals surface area contributed by atoms with Gasteiger partial charge in [-0.1, -0.05) is 6.92 Å². The van der Waals surface area contributed by atoms with E-state index < -0.39 is 17.5 Å². The van der Waals surface area contributed by atoms with Gasteiger partial charge in [0.05, 0.1) is 6.20 Å². The quantitative estimate of drug-likeness (QED) is 0.568. The van der Waals surface area contributed by atoms with Gasteiger partial charge in [-0.15, -0.1) is 22.0 Å². The monoisotopic (exact) mass is 422 g/mol. The highest BCUT2D eigenvalue weighted by Gasteiger charge is 2.34. The molecule has 0 saturated heterocycles. The molecule has 0 unspecified atom stereocenters. The SMILES string of the molecule is CCSc1cc(OC(C)(C)C#N)cnc1-c1nc2cc(C(F)(F)F)nnc2n1C. The van der Waals surface area contributed by atoms with E-state index in [0.717, 1.165) is 16.7 Å². The lowest BCUT2D eigenvalue weighted by Gasteiger charge is -2.19. The summed E-state index contributed by atoms with van der Waals surface area (Å²) in [6.07, 6.45) is -3.15. The predicted octanol–water partition coefficient (Wildman–Crippen LogP) is 4.24. The summed E-state index contributed by atoms with van der Waals surface area (Å²) in [5, 5.41) is 16.1. The number of nitrogens with zero attached hydrogens (tertiary/aromatic N) is 6. The first-order valence-corrected chi connectivity index (χ1v) is 9.55. The van der Waals surface area contributed by atoms with Crippen molar-refractivity contribution in [2.75, 3.05) is 5.75 Å². The smallest absolute Gasteiger partial charge is 0.435 e. The number of imidazole rings is 1. The molecule has 0 aliphatic rings. The average Bonchev–Trinajstić information content (AvgIpc) is 2.97. The van der Waals surface area contributed by atoms with E-state index in [9.17, 15) is 13.2 Å².